The molecule has 1 aliphatic heterocycles. The van der Waals surface area contributed by atoms with Gasteiger partial charge in [-0.25, -0.2) is 0 Å². The van der Waals surface area contributed by atoms with E-state index in [1.165, 1.54) is 0 Å². The van der Waals surface area contributed by atoms with Crippen molar-refractivity contribution in [1.82, 2.24) is 25.2 Å². The standard InChI is InChI=1S/C19H21N5O2/c1-2-7-15-14(12-20-22-15)19(25)24-11-6-10-16(24)18-21-17(23-26-18)13-8-4-3-5-9-13/h3-5,8-9,12,16H,2,6-7,10-11H2,1H3,(H,20,22)/t16-/m0/s1. The lowest BCUT2D eigenvalue weighted by Gasteiger charge is -2.21. The van der Waals surface area contributed by atoms with Gasteiger partial charge >= 0.3 is 0 Å². The predicted octanol–water partition coefficient (Wildman–Crippen LogP) is 3.39. The van der Waals surface area contributed by atoms with Crippen LogP contribution in [0.4, 0.5) is 0 Å². The van der Waals surface area contributed by atoms with Gasteiger partial charge in [0.25, 0.3) is 5.91 Å². The summed E-state index contributed by atoms with van der Waals surface area (Å²) in [7, 11) is 0. The van der Waals surface area contributed by atoms with E-state index in [1.807, 2.05) is 35.2 Å². The van der Waals surface area contributed by atoms with Crippen molar-refractivity contribution in [2.75, 3.05) is 6.54 Å². The summed E-state index contributed by atoms with van der Waals surface area (Å²) >= 11 is 0. The zero-order chi connectivity index (χ0) is 17.9. The average molecular weight is 351 g/mol. The van der Waals surface area contributed by atoms with Gasteiger partial charge in [0.05, 0.1) is 11.8 Å². The third kappa shape index (κ3) is 3.00. The lowest BCUT2D eigenvalue weighted by atomic mass is 10.1. The quantitative estimate of drug-likeness (QED) is 0.761. The van der Waals surface area contributed by atoms with Crippen molar-refractivity contribution < 1.29 is 9.32 Å². The molecule has 3 heterocycles. The van der Waals surface area contributed by atoms with Gasteiger partial charge in [-0.3, -0.25) is 9.89 Å². The molecule has 0 spiro atoms. The Hall–Kier alpha value is -2.96. The topological polar surface area (TPSA) is 87.9 Å². The molecule has 1 atom stereocenters. The number of H-pyrrole nitrogens is 1. The maximum atomic E-state index is 13.0. The maximum Gasteiger partial charge on any atom is 0.258 e. The third-order valence-electron chi connectivity index (χ3n) is 4.72. The van der Waals surface area contributed by atoms with Gasteiger partial charge in [-0.2, -0.15) is 10.1 Å². The molecule has 1 amide bonds. The highest BCUT2D eigenvalue weighted by molar-refractivity contribution is 5.95. The summed E-state index contributed by atoms with van der Waals surface area (Å²) in [6.45, 7) is 2.76. The first-order valence-electron chi connectivity index (χ1n) is 9.00. The number of hydrogen-bond donors (Lipinski definition) is 1. The number of likely N-dealkylation sites (tertiary alicyclic amines) is 1. The first-order valence-corrected chi connectivity index (χ1v) is 9.00. The summed E-state index contributed by atoms with van der Waals surface area (Å²) in [6.07, 6.45) is 5.11. The summed E-state index contributed by atoms with van der Waals surface area (Å²) < 4.78 is 5.50. The molecule has 1 N–H and O–H groups in total. The Morgan fingerprint density at radius 1 is 1.35 bits per heavy atom. The highest BCUT2D eigenvalue weighted by atomic mass is 16.5. The van der Waals surface area contributed by atoms with Gasteiger partial charge in [-0.15, -0.1) is 0 Å². The van der Waals surface area contributed by atoms with Crippen LogP contribution < -0.4 is 0 Å². The second-order valence-corrected chi connectivity index (χ2v) is 6.49. The molecule has 3 aromatic rings. The van der Waals surface area contributed by atoms with Crippen molar-refractivity contribution in [3.8, 4) is 11.4 Å². The van der Waals surface area contributed by atoms with Gasteiger partial charge in [0.15, 0.2) is 0 Å². The number of nitrogens with zero attached hydrogens (tertiary/aromatic N) is 4. The first kappa shape index (κ1) is 16.5. The Morgan fingerprint density at radius 2 is 2.19 bits per heavy atom. The SMILES string of the molecule is CCCc1[nH]ncc1C(=O)N1CCC[C@H]1c1nc(-c2ccccc2)no1. The lowest BCUT2D eigenvalue weighted by Crippen LogP contribution is -2.31. The molecule has 1 aliphatic rings. The summed E-state index contributed by atoms with van der Waals surface area (Å²) in [5, 5.41) is 11.1. The fourth-order valence-corrected chi connectivity index (χ4v) is 3.43. The van der Waals surface area contributed by atoms with Crippen LogP contribution in [0, 0.1) is 0 Å². The van der Waals surface area contributed by atoms with E-state index in [-0.39, 0.29) is 11.9 Å². The Kier molecular flexibility index (Phi) is 4.51. The van der Waals surface area contributed by atoms with Crippen molar-refractivity contribution >= 4 is 5.91 Å². The number of amides is 1. The van der Waals surface area contributed by atoms with E-state index in [0.29, 0.717) is 23.8 Å². The van der Waals surface area contributed by atoms with E-state index < -0.39 is 0 Å². The minimum Gasteiger partial charge on any atom is -0.337 e. The van der Waals surface area contributed by atoms with Crippen LogP contribution in [0.15, 0.2) is 41.1 Å². The minimum atomic E-state index is -0.183. The summed E-state index contributed by atoms with van der Waals surface area (Å²) in [5.74, 6) is 1.02. The molecule has 0 aliphatic carbocycles. The van der Waals surface area contributed by atoms with Gasteiger partial charge in [0.1, 0.15) is 6.04 Å². The van der Waals surface area contributed by atoms with E-state index >= 15 is 0 Å². The molecule has 7 nitrogen and oxygen atoms in total. The van der Waals surface area contributed by atoms with E-state index in [2.05, 4.69) is 27.3 Å². The minimum absolute atomic E-state index is 0.0239. The zero-order valence-corrected chi connectivity index (χ0v) is 14.7. The number of carbonyl (C=O) groups excluding carboxylic acids is 1. The maximum absolute atomic E-state index is 13.0. The predicted molar refractivity (Wildman–Crippen MR) is 95.3 cm³/mol. The molecule has 0 radical (unpaired) electrons. The van der Waals surface area contributed by atoms with Gasteiger partial charge in [-0.1, -0.05) is 48.8 Å². The molecule has 0 bridgehead atoms. The van der Waals surface area contributed by atoms with Crippen molar-refractivity contribution in [2.45, 2.75) is 38.6 Å². The van der Waals surface area contributed by atoms with Crippen LogP contribution in [-0.4, -0.2) is 37.7 Å². The van der Waals surface area contributed by atoms with Crippen LogP contribution >= 0.6 is 0 Å². The number of aromatic amines is 1. The van der Waals surface area contributed by atoms with Gasteiger partial charge in [0.2, 0.25) is 11.7 Å². The molecule has 4 rings (SSSR count). The van der Waals surface area contributed by atoms with Crippen LogP contribution in [0.1, 0.15) is 54.2 Å². The van der Waals surface area contributed by atoms with Crippen molar-refractivity contribution in [1.29, 1.82) is 0 Å². The molecular weight excluding hydrogens is 330 g/mol. The Morgan fingerprint density at radius 3 is 3.00 bits per heavy atom. The smallest absolute Gasteiger partial charge is 0.258 e. The molecule has 2 aromatic heterocycles. The van der Waals surface area contributed by atoms with Gasteiger partial charge < -0.3 is 9.42 Å². The van der Waals surface area contributed by atoms with Crippen LogP contribution in [-0.2, 0) is 6.42 Å². The molecule has 1 saturated heterocycles. The van der Waals surface area contributed by atoms with Gasteiger partial charge in [0, 0.05) is 17.8 Å². The summed E-state index contributed by atoms with van der Waals surface area (Å²) in [5.41, 5.74) is 2.43. The summed E-state index contributed by atoms with van der Waals surface area (Å²) in [6, 6.07) is 9.51. The highest BCUT2D eigenvalue weighted by Crippen LogP contribution is 2.33. The number of benzene rings is 1. The Bertz CT molecular complexity index is 886. The van der Waals surface area contributed by atoms with Crippen LogP contribution in [0.5, 0.6) is 0 Å². The number of aryl methyl sites for hydroxylation is 1. The van der Waals surface area contributed by atoms with Gasteiger partial charge in [-0.05, 0) is 19.3 Å². The number of carbonyl (C=O) groups is 1. The largest absolute Gasteiger partial charge is 0.337 e. The van der Waals surface area contributed by atoms with Crippen LogP contribution in [0.2, 0.25) is 0 Å². The third-order valence-corrected chi connectivity index (χ3v) is 4.72. The Balaban J connectivity index is 1.58. The molecular formula is C19H21N5O2. The van der Waals surface area contributed by atoms with Crippen LogP contribution in [0.3, 0.4) is 0 Å². The van der Waals surface area contributed by atoms with Crippen molar-refractivity contribution in [3.05, 3.63) is 53.7 Å². The number of hydrogen-bond acceptors (Lipinski definition) is 5. The molecule has 0 saturated carbocycles. The normalized spacial score (nSPS) is 17.0. The first-order chi connectivity index (χ1) is 12.8. The number of aromatic nitrogens is 4. The molecule has 1 aromatic carbocycles. The Labute approximate surface area is 151 Å². The van der Waals surface area contributed by atoms with E-state index in [4.69, 9.17) is 4.52 Å². The molecule has 1 fully saturated rings. The number of rotatable bonds is 5. The molecule has 26 heavy (non-hydrogen) atoms. The zero-order valence-electron chi connectivity index (χ0n) is 14.7. The fourth-order valence-electron chi connectivity index (χ4n) is 3.43. The number of nitrogens with one attached hydrogen (secondary N) is 1. The van der Waals surface area contributed by atoms with Crippen molar-refractivity contribution in [2.24, 2.45) is 0 Å². The molecule has 7 heteroatoms. The van der Waals surface area contributed by atoms with Crippen LogP contribution in [0.25, 0.3) is 11.4 Å². The average Bonchev–Trinajstić information content (AvgIpc) is 3.42. The lowest BCUT2D eigenvalue weighted by molar-refractivity contribution is 0.0709. The summed E-state index contributed by atoms with van der Waals surface area (Å²) in [4.78, 5) is 19.4. The van der Waals surface area contributed by atoms with E-state index in [1.54, 1.807) is 6.20 Å². The van der Waals surface area contributed by atoms with E-state index in [9.17, 15) is 4.79 Å². The second-order valence-electron chi connectivity index (χ2n) is 6.49. The van der Waals surface area contributed by atoms with E-state index in [0.717, 1.165) is 36.9 Å². The monoisotopic (exact) mass is 351 g/mol. The second kappa shape index (κ2) is 7.11. The molecule has 0 unspecified atom stereocenters. The molecule has 134 valence electrons. The highest BCUT2D eigenvalue weighted by Gasteiger charge is 2.35. The van der Waals surface area contributed by atoms with Crippen molar-refractivity contribution in [3.63, 3.8) is 0 Å². The fraction of sp³-hybridized carbons (Fsp3) is 0.368.